The summed E-state index contributed by atoms with van der Waals surface area (Å²) in [5.74, 6) is 0.618. The van der Waals surface area contributed by atoms with Gasteiger partial charge in [-0.05, 0) is 42.3 Å². The van der Waals surface area contributed by atoms with Crippen LogP contribution >= 0.6 is 0 Å². The molecule has 0 spiro atoms. The van der Waals surface area contributed by atoms with Crippen LogP contribution in [-0.4, -0.2) is 58.6 Å². The van der Waals surface area contributed by atoms with Crippen molar-refractivity contribution in [3.63, 3.8) is 0 Å². The van der Waals surface area contributed by atoms with E-state index in [-0.39, 0.29) is 11.8 Å². The van der Waals surface area contributed by atoms with Gasteiger partial charge < -0.3 is 19.9 Å². The standard InChI is InChI=1S/C22H25N5O3/c1-30-18-5-2-4-16(12-18)13-22(21(29)24-10-7-17-8-11-25-26-17)14-27(15-22)20(28)19-6-3-9-23-19/h2-6,8-9,11-12,23H,7,10,13-15H2,1H3,(H,24,29)(H,25,26). The molecule has 1 saturated heterocycles. The van der Waals surface area contributed by atoms with Crippen molar-refractivity contribution in [3.8, 4) is 5.75 Å². The van der Waals surface area contributed by atoms with Gasteiger partial charge in [-0.3, -0.25) is 14.7 Å². The molecule has 156 valence electrons. The van der Waals surface area contributed by atoms with Crippen LogP contribution in [0.2, 0.25) is 0 Å². The molecule has 4 rings (SSSR count). The molecule has 3 aromatic rings. The fraction of sp³-hybridized carbons (Fsp3) is 0.318. The number of H-pyrrole nitrogens is 2. The average Bonchev–Trinajstić information content (AvgIpc) is 3.44. The summed E-state index contributed by atoms with van der Waals surface area (Å²) < 4.78 is 5.32. The van der Waals surface area contributed by atoms with Crippen molar-refractivity contribution >= 4 is 11.8 Å². The van der Waals surface area contributed by atoms with E-state index < -0.39 is 5.41 Å². The summed E-state index contributed by atoms with van der Waals surface area (Å²) in [4.78, 5) is 30.5. The number of amides is 2. The SMILES string of the molecule is COc1cccc(CC2(C(=O)NCCc3ccn[nH]3)CN(C(=O)c3ccc[nH]3)C2)c1. The number of aromatic nitrogens is 3. The summed E-state index contributed by atoms with van der Waals surface area (Å²) in [7, 11) is 1.62. The molecule has 2 aromatic heterocycles. The van der Waals surface area contributed by atoms with Crippen LogP contribution in [0.25, 0.3) is 0 Å². The maximum atomic E-state index is 13.2. The molecule has 1 aliphatic rings. The minimum Gasteiger partial charge on any atom is -0.497 e. The van der Waals surface area contributed by atoms with Gasteiger partial charge >= 0.3 is 0 Å². The Labute approximate surface area is 174 Å². The number of ether oxygens (including phenoxy) is 1. The van der Waals surface area contributed by atoms with E-state index in [0.29, 0.717) is 38.2 Å². The second kappa shape index (κ2) is 8.44. The van der Waals surface area contributed by atoms with Crippen LogP contribution in [0.15, 0.2) is 54.9 Å². The lowest BCUT2D eigenvalue weighted by Crippen LogP contribution is -2.65. The number of carbonyl (C=O) groups is 2. The molecule has 0 atom stereocenters. The number of nitrogens with one attached hydrogen (secondary N) is 3. The van der Waals surface area contributed by atoms with Gasteiger partial charge in [0.1, 0.15) is 11.4 Å². The first kappa shape index (κ1) is 19.8. The molecular weight excluding hydrogens is 382 g/mol. The van der Waals surface area contributed by atoms with E-state index in [1.807, 2.05) is 30.3 Å². The van der Waals surface area contributed by atoms with E-state index in [2.05, 4.69) is 20.5 Å². The number of methoxy groups -OCH3 is 1. The van der Waals surface area contributed by atoms with Gasteiger partial charge in [-0.2, -0.15) is 5.10 Å². The Morgan fingerprint density at radius 1 is 1.23 bits per heavy atom. The van der Waals surface area contributed by atoms with Crippen LogP contribution in [0.1, 0.15) is 21.7 Å². The molecule has 8 nitrogen and oxygen atoms in total. The van der Waals surface area contributed by atoms with Gasteiger partial charge in [-0.1, -0.05) is 12.1 Å². The number of benzene rings is 1. The summed E-state index contributed by atoms with van der Waals surface area (Å²) in [6.45, 7) is 1.25. The molecule has 0 unspecified atom stereocenters. The number of nitrogens with zero attached hydrogens (tertiary/aromatic N) is 2. The second-order valence-corrected chi connectivity index (χ2v) is 7.64. The number of aromatic amines is 2. The van der Waals surface area contributed by atoms with Crippen molar-refractivity contribution in [3.05, 3.63) is 71.8 Å². The number of hydrogen-bond donors (Lipinski definition) is 3. The molecule has 0 bridgehead atoms. The van der Waals surface area contributed by atoms with E-state index in [1.165, 1.54) is 0 Å². The maximum Gasteiger partial charge on any atom is 0.270 e. The quantitative estimate of drug-likeness (QED) is 0.530. The Bertz CT molecular complexity index is 992. The number of carbonyl (C=O) groups excluding carboxylic acids is 2. The summed E-state index contributed by atoms with van der Waals surface area (Å²) in [6.07, 6.45) is 4.62. The number of rotatable bonds is 8. The highest BCUT2D eigenvalue weighted by Gasteiger charge is 2.51. The van der Waals surface area contributed by atoms with Crippen molar-refractivity contribution in [2.24, 2.45) is 5.41 Å². The largest absolute Gasteiger partial charge is 0.497 e. The molecule has 0 saturated carbocycles. The molecule has 0 aliphatic carbocycles. The van der Waals surface area contributed by atoms with Gasteiger partial charge in [-0.15, -0.1) is 0 Å². The lowest BCUT2D eigenvalue weighted by molar-refractivity contribution is -0.139. The Morgan fingerprint density at radius 2 is 2.10 bits per heavy atom. The first-order chi connectivity index (χ1) is 14.6. The second-order valence-electron chi connectivity index (χ2n) is 7.64. The monoisotopic (exact) mass is 407 g/mol. The third-order valence-electron chi connectivity index (χ3n) is 5.50. The van der Waals surface area contributed by atoms with Crippen LogP contribution < -0.4 is 10.1 Å². The molecule has 3 N–H and O–H groups in total. The van der Waals surface area contributed by atoms with Crippen molar-refractivity contribution in [1.29, 1.82) is 0 Å². The summed E-state index contributed by atoms with van der Waals surface area (Å²) in [5, 5.41) is 9.86. The Balaban J connectivity index is 1.46. The molecule has 3 heterocycles. The fourth-order valence-electron chi connectivity index (χ4n) is 3.89. The Hall–Kier alpha value is -3.55. The molecule has 1 aromatic carbocycles. The molecule has 1 fully saturated rings. The highest BCUT2D eigenvalue weighted by molar-refractivity contribution is 5.95. The molecule has 1 aliphatic heterocycles. The van der Waals surface area contributed by atoms with Gasteiger partial charge in [0.15, 0.2) is 0 Å². The van der Waals surface area contributed by atoms with Crippen LogP contribution in [-0.2, 0) is 17.6 Å². The summed E-state index contributed by atoms with van der Waals surface area (Å²) >= 11 is 0. The van der Waals surface area contributed by atoms with E-state index in [9.17, 15) is 9.59 Å². The van der Waals surface area contributed by atoms with Gasteiger partial charge in [0.2, 0.25) is 5.91 Å². The Kier molecular flexibility index (Phi) is 5.56. The van der Waals surface area contributed by atoms with E-state index in [1.54, 1.807) is 36.5 Å². The minimum absolute atomic E-state index is 0.0413. The first-order valence-corrected chi connectivity index (χ1v) is 9.92. The van der Waals surface area contributed by atoms with Crippen LogP contribution in [0.4, 0.5) is 0 Å². The zero-order valence-electron chi connectivity index (χ0n) is 16.9. The zero-order chi connectivity index (χ0) is 21.0. The third kappa shape index (κ3) is 4.07. The van der Waals surface area contributed by atoms with Gasteiger partial charge in [-0.25, -0.2) is 0 Å². The maximum absolute atomic E-state index is 13.2. The highest BCUT2D eigenvalue weighted by Crippen LogP contribution is 2.36. The summed E-state index contributed by atoms with van der Waals surface area (Å²) in [6, 6.07) is 13.1. The van der Waals surface area contributed by atoms with E-state index in [4.69, 9.17) is 4.74 Å². The number of likely N-dealkylation sites (tertiary alicyclic amines) is 1. The normalized spacial score (nSPS) is 14.8. The molecule has 0 radical (unpaired) electrons. The van der Waals surface area contributed by atoms with Crippen LogP contribution in [0.5, 0.6) is 5.75 Å². The van der Waals surface area contributed by atoms with Gasteiger partial charge in [0, 0.05) is 44.1 Å². The fourth-order valence-corrected chi connectivity index (χ4v) is 3.89. The molecule has 8 heteroatoms. The van der Waals surface area contributed by atoms with Crippen molar-refractivity contribution in [1.82, 2.24) is 25.4 Å². The third-order valence-corrected chi connectivity index (χ3v) is 5.50. The summed E-state index contributed by atoms with van der Waals surface area (Å²) in [5.41, 5.74) is 1.84. The van der Waals surface area contributed by atoms with Crippen molar-refractivity contribution in [2.45, 2.75) is 12.8 Å². The van der Waals surface area contributed by atoms with E-state index in [0.717, 1.165) is 17.0 Å². The van der Waals surface area contributed by atoms with Gasteiger partial charge in [0.25, 0.3) is 5.91 Å². The van der Waals surface area contributed by atoms with Crippen molar-refractivity contribution < 1.29 is 14.3 Å². The molecular formula is C22H25N5O3. The minimum atomic E-state index is -0.664. The van der Waals surface area contributed by atoms with E-state index >= 15 is 0 Å². The predicted octanol–water partition coefficient (Wildman–Crippen LogP) is 1.79. The predicted molar refractivity (Wildman–Crippen MR) is 111 cm³/mol. The topological polar surface area (TPSA) is 103 Å². The first-order valence-electron chi connectivity index (χ1n) is 9.92. The van der Waals surface area contributed by atoms with Crippen LogP contribution in [0, 0.1) is 5.41 Å². The van der Waals surface area contributed by atoms with Gasteiger partial charge in [0.05, 0.1) is 12.5 Å². The zero-order valence-corrected chi connectivity index (χ0v) is 16.9. The average molecular weight is 407 g/mol. The molecule has 30 heavy (non-hydrogen) atoms. The lowest BCUT2D eigenvalue weighted by Gasteiger charge is -2.48. The number of hydrogen-bond acceptors (Lipinski definition) is 4. The Morgan fingerprint density at radius 3 is 2.80 bits per heavy atom. The van der Waals surface area contributed by atoms with Crippen molar-refractivity contribution in [2.75, 3.05) is 26.7 Å². The lowest BCUT2D eigenvalue weighted by atomic mass is 9.73. The molecule has 2 amide bonds. The smallest absolute Gasteiger partial charge is 0.270 e. The van der Waals surface area contributed by atoms with Crippen LogP contribution in [0.3, 0.4) is 0 Å². The highest BCUT2D eigenvalue weighted by atomic mass is 16.5.